The van der Waals surface area contributed by atoms with Gasteiger partial charge in [-0.25, -0.2) is 4.39 Å². The highest BCUT2D eigenvalue weighted by atomic mass is 19.1. The van der Waals surface area contributed by atoms with Crippen molar-refractivity contribution in [2.24, 2.45) is 5.92 Å². The predicted octanol–water partition coefficient (Wildman–Crippen LogP) is 4.73. The number of nitrogens with zero attached hydrogens (tertiary/aromatic N) is 2. The molecule has 0 aromatic heterocycles. The van der Waals surface area contributed by atoms with Crippen molar-refractivity contribution >= 4 is 0 Å². The molecule has 4 rings (SSSR count). The molecule has 0 amide bonds. The van der Waals surface area contributed by atoms with Gasteiger partial charge >= 0.3 is 0 Å². The first-order valence-electron chi connectivity index (χ1n) is 10.6. The van der Waals surface area contributed by atoms with Crippen LogP contribution in [0.5, 0.6) is 17.2 Å². The van der Waals surface area contributed by atoms with Crippen LogP contribution in [0.1, 0.15) is 37.2 Å². The Balaban J connectivity index is 1.42. The Morgan fingerprint density at radius 2 is 1.93 bits per heavy atom. The van der Waals surface area contributed by atoms with Crippen LogP contribution >= 0.6 is 0 Å². The molecule has 0 bridgehead atoms. The maximum absolute atomic E-state index is 13.4. The molecular formula is C24H27FN2O3. The molecule has 2 atom stereocenters. The summed E-state index contributed by atoms with van der Waals surface area (Å²) in [6, 6.07) is 14.7. The molecule has 2 heterocycles. The Morgan fingerprint density at radius 3 is 2.77 bits per heavy atom. The number of rotatable bonds is 8. The number of halogens is 1. The van der Waals surface area contributed by atoms with Crippen molar-refractivity contribution in [2.75, 3.05) is 33.0 Å². The summed E-state index contributed by atoms with van der Waals surface area (Å²) in [5, 5.41) is 8.74. The maximum atomic E-state index is 13.4. The summed E-state index contributed by atoms with van der Waals surface area (Å²) in [5.74, 6) is 2.64. The molecule has 0 aliphatic carbocycles. The van der Waals surface area contributed by atoms with E-state index >= 15 is 0 Å². The van der Waals surface area contributed by atoms with Gasteiger partial charge in [-0.3, -0.25) is 0 Å². The van der Waals surface area contributed by atoms with Gasteiger partial charge in [-0.2, -0.15) is 5.26 Å². The third-order valence-electron chi connectivity index (χ3n) is 5.94. The minimum Gasteiger partial charge on any atom is -0.493 e. The minimum absolute atomic E-state index is 0.207. The minimum atomic E-state index is -0.207. The van der Waals surface area contributed by atoms with Crippen molar-refractivity contribution in [3.63, 3.8) is 0 Å². The van der Waals surface area contributed by atoms with E-state index in [0.717, 1.165) is 50.4 Å². The first-order chi connectivity index (χ1) is 14.7. The van der Waals surface area contributed by atoms with Gasteiger partial charge in [-0.1, -0.05) is 12.1 Å². The van der Waals surface area contributed by atoms with E-state index in [9.17, 15) is 4.39 Å². The number of likely N-dealkylation sites (tertiary alicyclic amines) is 1. The second kappa shape index (κ2) is 9.82. The summed E-state index contributed by atoms with van der Waals surface area (Å²) < 4.78 is 30.4. The van der Waals surface area contributed by atoms with Crippen molar-refractivity contribution < 1.29 is 18.6 Å². The predicted molar refractivity (Wildman–Crippen MR) is 111 cm³/mol. The van der Waals surface area contributed by atoms with E-state index in [4.69, 9.17) is 19.5 Å². The summed E-state index contributed by atoms with van der Waals surface area (Å²) in [7, 11) is 0. The molecule has 0 spiro atoms. The quantitative estimate of drug-likeness (QED) is 0.589. The lowest BCUT2D eigenvalue weighted by atomic mass is 9.80. The number of hydrogen-bond acceptors (Lipinski definition) is 5. The molecule has 0 unspecified atom stereocenters. The molecule has 1 fully saturated rings. The van der Waals surface area contributed by atoms with Crippen LogP contribution in [0.15, 0.2) is 42.5 Å². The van der Waals surface area contributed by atoms with Crippen LogP contribution in [0.3, 0.4) is 0 Å². The van der Waals surface area contributed by atoms with Crippen molar-refractivity contribution in [3.8, 4) is 23.3 Å². The Morgan fingerprint density at radius 1 is 1.10 bits per heavy atom. The Hall–Kier alpha value is -2.78. The zero-order valence-corrected chi connectivity index (χ0v) is 17.1. The highest BCUT2D eigenvalue weighted by Crippen LogP contribution is 2.37. The number of ether oxygens (including phenoxy) is 3. The van der Waals surface area contributed by atoms with E-state index in [1.165, 1.54) is 5.56 Å². The topological polar surface area (TPSA) is 54.7 Å². The average Bonchev–Trinajstić information content (AvgIpc) is 3.24. The lowest BCUT2D eigenvalue weighted by molar-refractivity contribution is 0.109. The molecule has 2 aliphatic rings. The van der Waals surface area contributed by atoms with E-state index in [-0.39, 0.29) is 12.6 Å². The molecule has 0 N–H and O–H groups in total. The molecular weight excluding hydrogens is 383 g/mol. The highest BCUT2D eigenvalue weighted by molar-refractivity contribution is 5.46. The highest BCUT2D eigenvalue weighted by Gasteiger charge is 2.31. The monoisotopic (exact) mass is 410 g/mol. The van der Waals surface area contributed by atoms with E-state index in [1.54, 1.807) is 12.1 Å². The van der Waals surface area contributed by atoms with Gasteiger partial charge in [0.2, 0.25) is 6.79 Å². The maximum Gasteiger partial charge on any atom is 0.231 e. The molecule has 5 nitrogen and oxygen atoms in total. The lowest BCUT2D eigenvalue weighted by Crippen LogP contribution is -2.42. The molecule has 30 heavy (non-hydrogen) atoms. The van der Waals surface area contributed by atoms with Crippen LogP contribution in [-0.4, -0.2) is 37.9 Å². The fraction of sp³-hybridized carbons (Fsp3) is 0.458. The van der Waals surface area contributed by atoms with Crippen LogP contribution in [0.4, 0.5) is 4.39 Å². The number of benzene rings is 2. The zero-order valence-electron chi connectivity index (χ0n) is 17.1. The van der Waals surface area contributed by atoms with E-state index in [2.05, 4.69) is 11.0 Å². The van der Waals surface area contributed by atoms with Gasteiger partial charge in [0.25, 0.3) is 0 Å². The van der Waals surface area contributed by atoms with Gasteiger partial charge in [0.1, 0.15) is 11.6 Å². The Kier molecular flexibility index (Phi) is 6.70. The van der Waals surface area contributed by atoms with E-state index in [0.29, 0.717) is 30.6 Å². The largest absolute Gasteiger partial charge is 0.493 e. The normalized spacial score (nSPS) is 20.7. The second-order valence-electron chi connectivity index (χ2n) is 7.95. The van der Waals surface area contributed by atoms with Crippen molar-refractivity contribution in [3.05, 3.63) is 53.8 Å². The van der Waals surface area contributed by atoms with Gasteiger partial charge in [-0.05, 0) is 68.1 Å². The standard InChI is InChI=1S/C24H27FN2O3/c25-20-6-4-18(5-7-20)22-10-13-27(12-3-1-2-11-26)15-19(22)16-28-21-8-9-23-24(14-21)30-17-29-23/h4-9,14,19,22H,1-3,10,12-13,15-17H2/t19-,22-/m0/s1. The van der Waals surface area contributed by atoms with Crippen LogP contribution in [0.2, 0.25) is 0 Å². The molecule has 2 aromatic rings. The van der Waals surface area contributed by atoms with Gasteiger partial charge in [0, 0.05) is 24.9 Å². The van der Waals surface area contributed by atoms with Crippen LogP contribution < -0.4 is 14.2 Å². The molecule has 158 valence electrons. The smallest absolute Gasteiger partial charge is 0.231 e. The van der Waals surface area contributed by atoms with Crippen LogP contribution in [0, 0.1) is 23.1 Å². The van der Waals surface area contributed by atoms with Crippen molar-refractivity contribution in [2.45, 2.75) is 31.6 Å². The second-order valence-corrected chi connectivity index (χ2v) is 7.95. The first kappa shape index (κ1) is 20.5. The first-order valence-corrected chi connectivity index (χ1v) is 10.6. The zero-order chi connectivity index (χ0) is 20.8. The number of hydrogen-bond donors (Lipinski definition) is 0. The number of nitriles is 1. The Labute approximate surface area is 177 Å². The summed E-state index contributed by atoms with van der Waals surface area (Å²) in [6.45, 7) is 3.76. The van der Waals surface area contributed by atoms with E-state index in [1.807, 2.05) is 30.3 Å². The summed E-state index contributed by atoms with van der Waals surface area (Å²) in [4.78, 5) is 2.46. The van der Waals surface area contributed by atoms with Gasteiger partial charge < -0.3 is 19.1 Å². The Bertz CT molecular complexity index is 881. The number of piperidine rings is 1. The SMILES string of the molecule is N#CCCCCN1CC[C@@H](c2ccc(F)cc2)[C@H](COc2ccc3c(c2)OCO3)C1. The molecule has 6 heteroatoms. The average molecular weight is 410 g/mol. The fourth-order valence-electron chi connectivity index (χ4n) is 4.34. The number of fused-ring (bicyclic) bond motifs is 1. The van der Waals surface area contributed by atoms with E-state index < -0.39 is 0 Å². The lowest BCUT2D eigenvalue weighted by Gasteiger charge is -2.39. The molecule has 2 aromatic carbocycles. The third kappa shape index (κ3) is 5.03. The van der Waals surface area contributed by atoms with Gasteiger partial charge in [-0.15, -0.1) is 0 Å². The van der Waals surface area contributed by atoms with Crippen LogP contribution in [0.25, 0.3) is 0 Å². The molecule has 1 saturated heterocycles. The molecule has 0 saturated carbocycles. The van der Waals surface area contributed by atoms with Crippen molar-refractivity contribution in [1.29, 1.82) is 5.26 Å². The summed E-state index contributed by atoms with van der Waals surface area (Å²) in [5.41, 5.74) is 1.17. The third-order valence-corrected chi connectivity index (χ3v) is 5.94. The van der Waals surface area contributed by atoms with Crippen molar-refractivity contribution in [1.82, 2.24) is 4.90 Å². The summed E-state index contributed by atoms with van der Waals surface area (Å²) >= 11 is 0. The van der Waals surface area contributed by atoms with Gasteiger partial charge in [0.05, 0.1) is 12.7 Å². The molecule has 2 aliphatic heterocycles. The van der Waals surface area contributed by atoms with Gasteiger partial charge in [0.15, 0.2) is 11.5 Å². The van der Waals surface area contributed by atoms with Crippen LogP contribution in [-0.2, 0) is 0 Å². The molecule has 0 radical (unpaired) electrons. The fourth-order valence-corrected chi connectivity index (χ4v) is 4.34. The summed E-state index contributed by atoms with van der Waals surface area (Å²) in [6.07, 6.45) is 3.60. The number of unbranched alkanes of at least 4 members (excludes halogenated alkanes) is 2.